The average Bonchev–Trinajstić information content (AvgIpc) is 4.31. The number of likely N-dealkylation sites (tertiary alicyclic amines) is 2. The third kappa shape index (κ3) is 6.10. The highest BCUT2D eigenvalue weighted by molar-refractivity contribution is 5.97. The van der Waals surface area contributed by atoms with Gasteiger partial charge in [-0.1, -0.05) is 36.4 Å². The Kier molecular flexibility index (Phi) is 9.54. The van der Waals surface area contributed by atoms with Crippen LogP contribution in [0.4, 0.5) is 0 Å². The van der Waals surface area contributed by atoms with Crippen LogP contribution in [0.1, 0.15) is 114 Å². The van der Waals surface area contributed by atoms with Crippen molar-refractivity contribution in [3.8, 4) is 23.0 Å². The Morgan fingerprint density at radius 1 is 0.686 bits per heavy atom. The molecule has 2 spiro atoms. The number of carbonyl (C=O) groups is 2. The number of phenolic OH excluding ortho intramolecular Hbond substituents is 2. The number of pyridine rings is 2. The number of ketones is 1. The third-order valence-corrected chi connectivity index (χ3v) is 19.3. The minimum Gasteiger partial charge on any atom is -0.504 e. The predicted octanol–water partition coefficient (Wildman–Crippen LogP) is 6.54. The van der Waals surface area contributed by atoms with E-state index in [-0.39, 0.29) is 53.3 Å². The molecule has 15 rings (SSSR count). The standard InChI is InChI=1S/C30H31N3O4.C27H30N2O4/c34-23-8-7-19-14-24-30(36)10-9-21(32-28(35)22-13-18-3-1-2-4-20(18)15-31-22)27-29(30,25(19)26(23)37-27)11-12-33(24)16-17-5-6-17;30-20-4-3-18-14-22-27(32)8-5-19(13-21(31)17-6-10-28-11-7-17)25-26(27,23(18)24(20)33-25)9-12-29(22)15-16-1-2-16/h1-4,7-8,13,15,17,21,24,27,34,36H,5-6,9-12,14,16H2,(H,32,35);3-4,6-7,10-11,16,19,22,25,30,32H,1-2,5,8-9,12-15H2/t21-,24+,27-,29-,30+;19-,22+,25-,26-,27+/m00/s1. The van der Waals surface area contributed by atoms with Gasteiger partial charge in [-0.2, -0.15) is 0 Å². The van der Waals surface area contributed by atoms with Gasteiger partial charge in [0.25, 0.3) is 5.91 Å². The molecule has 5 N–H and O–H groups in total. The van der Waals surface area contributed by atoms with E-state index in [1.54, 1.807) is 42.9 Å². The number of piperidine rings is 2. The molecule has 6 heterocycles. The molecular formula is C57H61N5O8. The van der Waals surface area contributed by atoms with Crippen LogP contribution in [0.3, 0.4) is 0 Å². The van der Waals surface area contributed by atoms with Crippen molar-refractivity contribution in [2.75, 3.05) is 26.2 Å². The summed E-state index contributed by atoms with van der Waals surface area (Å²) in [6.07, 6.45) is 15.6. The molecule has 2 aromatic heterocycles. The highest BCUT2D eigenvalue weighted by Gasteiger charge is 2.74. The number of ether oxygens (including phenoxy) is 2. The fourth-order valence-corrected chi connectivity index (χ4v) is 15.8. The number of phenols is 2. The first kappa shape index (κ1) is 43.2. The molecule has 6 fully saturated rings. The van der Waals surface area contributed by atoms with Gasteiger partial charge in [0.15, 0.2) is 28.8 Å². The first-order valence-electron chi connectivity index (χ1n) is 26.0. The molecule has 6 aliphatic carbocycles. The van der Waals surface area contributed by atoms with Crippen molar-refractivity contribution in [2.45, 2.75) is 136 Å². The van der Waals surface area contributed by atoms with Crippen LogP contribution in [0.25, 0.3) is 10.8 Å². The van der Waals surface area contributed by atoms with E-state index in [1.165, 1.54) is 31.2 Å². The molecule has 13 nitrogen and oxygen atoms in total. The predicted molar refractivity (Wildman–Crippen MR) is 259 cm³/mol. The Balaban J connectivity index is 0.000000132. The number of Topliss-reactive ketones (excluding diaryl/α,β-unsaturated/α-hetero) is 1. The van der Waals surface area contributed by atoms with Crippen molar-refractivity contribution in [1.82, 2.24) is 25.1 Å². The Morgan fingerprint density at radius 3 is 1.87 bits per heavy atom. The summed E-state index contributed by atoms with van der Waals surface area (Å²) in [5.74, 6) is 2.68. The van der Waals surface area contributed by atoms with Crippen molar-refractivity contribution < 1.29 is 39.5 Å². The summed E-state index contributed by atoms with van der Waals surface area (Å²) in [4.78, 5) is 40.1. The van der Waals surface area contributed by atoms with Crippen LogP contribution >= 0.6 is 0 Å². The second kappa shape index (κ2) is 15.5. The molecule has 70 heavy (non-hydrogen) atoms. The first-order chi connectivity index (χ1) is 34.0. The van der Waals surface area contributed by atoms with Gasteiger partial charge >= 0.3 is 0 Å². The van der Waals surface area contributed by atoms with E-state index in [4.69, 9.17) is 9.47 Å². The van der Waals surface area contributed by atoms with Crippen molar-refractivity contribution in [3.63, 3.8) is 0 Å². The fourth-order valence-electron chi connectivity index (χ4n) is 15.8. The Labute approximate surface area is 407 Å². The normalized spacial score (nSPS) is 34.8. The van der Waals surface area contributed by atoms with Gasteiger partial charge < -0.3 is 35.2 Å². The molecule has 4 saturated carbocycles. The zero-order valence-corrected chi connectivity index (χ0v) is 39.4. The summed E-state index contributed by atoms with van der Waals surface area (Å²) < 4.78 is 13.1. The van der Waals surface area contributed by atoms with Crippen LogP contribution in [-0.4, -0.2) is 120 Å². The van der Waals surface area contributed by atoms with E-state index in [9.17, 15) is 30.0 Å². The van der Waals surface area contributed by atoms with E-state index in [2.05, 4.69) is 25.1 Å². The number of nitrogens with zero attached hydrogens (tertiary/aromatic N) is 4. The van der Waals surface area contributed by atoms with Gasteiger partial charge in [-0.05, 0) is 149 Å². The summed E-state index contributed by atoms with van der Waals surface area (Å²) in [6, 6.07) is 20.5. The first-order valence-corrected chi connectivity index (χ1v) is 26.0. The molecule has 3 aromatic carbocycles. The molecule has 1 amide bonds. The van der Waals surface area contributed by atoms with Crippen LogP contribution in [0.2, 0.25) is 0 Å². The maximum atomic E-state index is 13.4. The van der Waals surface area contributed by atoms with Gasteiger partial charge in [-0.3, -0.25) is 29.4 Å². The lowest BCUT2D eigenvalue weighted by Crippen LogP contribution is -2.78. The van der Waals surface area contributed by atoms with Gasteiger partial charge in [0.05, 0.1) is 28.1 Å². The van der Waals surface area contributed by atoms with Crippen LogP contribution in [0, 0.1) is 17.8 Å². The zero-order valence-electron chi connectivity index (χ0n) is 39.4. The number of rotatable bonds is 9. The van der Waals surface area contributed by atoms with Crippen molar-refractivity contribution in [2.24, 2.45) is 17.8 Å². The average molecular weight is 944 g/mol. The number of aromatic nitrogens is 2. The molecule has 5 aromatic rings. The maximum Gasteiger partial charge on any atom is 0.270 e. The van der Waals surface area contributed by atoms with E-state index in [0.29, 0.717) is 48.4 Å². The highest BCUT2D eigenvalue weighted by Crippen LogP contribution is 2.68. The monoisotopic (exact) mass is 943 g/mol. The number of carbonyl (C=O) groups excluding carboxylic acids is 2. The number of fused-ring (bicyclic) bond motifs is 1. The molecule has 10 aliphatic rings. The topological polar surface area (TPSA) is 178 Å². The van der Waals surface area contributed by atoms with Crippen molar-refractivity contribution in [3.05, 3.63) is 119 Å². The van der Waals surface area contributed by atoms with Gasteiger partial charge in [0.1, 0.15) is 17.9 Å². The molecule has 0 unspecified atom stereocenters. The number of hydrogen-bond donors (Lipinski definition) is 5. The minimum atomic E-state index is -0.959. The van der Waals surface area contributed by atoms with Gasteiger partial charge in [-0.15, -0.1) is 0 Å². The third-order valence-electron chi connectivity index (χ3n) is 19.3. The van der Waals surface area contributed by atoms with Crippen LogP contribution in [0.5, 0.6) is 23.0 Å². The van der Waals surface area contributed by atoms with E-state index < -0.39 is 28.1 Å². The van der Waals surface area contributed by atoms with Crippen molar-refractivity contribution >= 4 is 22.5 Å². The lowest BCUT2D eigenvalue weighted by atomic mass is 9.47. The molecule has 4 aliphatic heterocycles. The molecule has 13 heteroatoms. The summed E-state index contributed by atoms with van der Waals surface area (Å²) in [6.45, 7) is 3.94. The number of aromatic hydroxyl groups is 2. The Bertz CT molecular complexity index is 2980. The molecule has 0 radical (unpaired) electrons. The second-order valence-electron chi connectivity index (χ2n) is 22.8. The molecule has 4 bridgehead atoms. The molecule has 10 atom stereocenters. The SMILES string of the molecule is O=C(C[C@@H]1CC[C@@]2(O)[C@H]3Cc4ccc(O)c5c4[C@@]2(CCN3CC2CC2)[C@H]1O5)c1ccncc1.O=C(N[C@H]1CC[C@@]2(O)[C@H]3Cc4ccc(O)c5c4[C@@]2(CCN3CC2CC2)[C@H]1O5)c1cc2ccccc2cn1. The second-order valence-corrected chi connectivity index (χ2v) is 22.8. The fraction of sp³-hybridized carbons (Fsp3) is 0.509. The van der Waals surface area contributed by atoms with Gasteiger partial charge in [0, 0.05) is 78.2 Å². The summed E-state index contributed by atoms with van der Waals surface area (Å²) in [7, 11) is 0. The summed E-state index contributed by atoms with van der Waals surface area (Å²) in [5, 5.41) is 51.8. The van der Waals surface area contributed by atoms with Crippen LogP contribution < -0.4 is 14.8 Å². The van der Waals surface area contributed by atoms with E-state index in [0.717, 1.165) is 97.6 Å². The summed E-state index contributed by atoms with van der Waals surface area (Å²) in [5.41, 5.74) is 2.35. The molecule has 2 saturated heterocycles. The van der Waals surface area contributed by atoms with Gasteiger partial charge in [-0.25, -0.2) is 0 Å². The zero-order chi connectivity index (χ0) is 47.3. The van der Waals surface area contributed by atoms with Crippen LogP contribution in [0.15, 0.2) is 85.3 Å². The van der Waals surface area contributed by atoms with E-state index in [1.807, 2.05) is 42.5 Å². The quantitative estimate of drug-likeness (QED) is 0.101. The van der Waals surface area contributed by atoms with E-state index >= 15 is 0 Å². The Hall–Kier alpha value is -5.60. The number of benzene rings is 3. The lowest BCUT2D eigenvalue weighted by molar-refractivity contribution is -0.197. The maximum absolute atomic E-state index is 13.4. The number of aliphatic hydroxyl groups is 2. The number of amides is 1. The molecular weight excluding hydrogens is 883 g/mol. The molecule has 362 valence electrons. The number of hydrogen-bond acceptors (Lipinski definition) is 12. The minimum absolute atomic E-state index is 0.000627. The summed E-state index contributed by atoms with van der Waals surface area (Å²) >= 11 is 0. The highest BCUT2D eigenvalue weighted by atomic mass is 16.5. The van der Waals surface area contributed by atoms with Crippen LogP contribution in [-0.2, 0) is 23.7 Å². The number of nitrogens with one attached hydrogen (secondary N) is 1. The lowest BCUT2D eigenvalue weighted by Gasteiger charge is -2.64. The largest absolute Gasteiger partial charge is 0.504 e. The smallest absolute Gasteiger partial charge is 0.270 e. The van der Waals surface area contributed by atoms with Gasteiger partial charge in [0.2, 0.25) is 0 Å². The Morgan fingerprint density at radius 2 is 1.26 bits per heavy atom. The van der Waals surface area contributed by atoms with Crippen molar-refractivity contribution in [1.29, 1.82) is 0 Å².